The summed E-state index contributed by atoms with van der Waals surface area (Å²) in [6, 6.07) is 15.9. The van der Waals surface area contributed by atoms with Crippen LogP contribution in [-0.4, -0.2) is 30.4 Å². The van der Waals surface area contributed by atoms with Gasteiger partial charge in [-0.3, -0.25) is 9.59 Å². The minimum Gasteiger partial charge on any atom is -0.463 e. The predicted molar refractivity (Wildman–Crippen MR) is 103 cm³/mol. The van der Waals surface area contributed by atoms with Crippen molar-refractivity contribution in [3.63, 3.8) is 0 Å². The van der Waals surface area contributed by atoms with Crippen molar-refractivity contribution >= 4 is 17.8 Å². The fourth-order valence-electron chi connectivity index (χ4n) is 2.42. The van der Waals surface area contributed by atoms with E-state index in [1.54, 1.807) is 19.1 Å². The molecule has 0 aromatic heterocycles. The van der Waals surface area contributed by atoms with E-state index >= 15 is 0 Å². The molecule has 0 unspecified atom stereocenters. The van der Waals surface area contributed by atoms with Crippen molar-refractivity contribution in [3.8, 4) is 11.1 Å². The van der Waals surface area contributed by atoms with Crippen LogP contribution in [0.3, 0.4) is 0 Å². The molecule has 0 aliphatic rings. The maximum absolute atomic E-state index is 12.4. The summed E-state index contributed by atoms with van der Waals surface area (Å²) in [6.45, 7) is 1.96. The van der Waals surface area contributed by atoms with Crippen molar-refractivity contribution in [1.82, 2.24) is 5.32 Å². The summed E-state index contributed by atoms with van der Waals surface area (Å²) in [5.74, 6) is -1.61. The van der Waals surface area contributed by atoms with Gasteiger partial charge in [-0.05, 0) is 36.6 Å². The maximum atomic E-state index is 12.4. The molecule has 0 saturated carbocycles. The van der Waals surface area contributed by atoms with E-state index in [2.05, 4.69) is 5.32 Å². The summed E-state index contributed by atoms with van der Waals surface area (Å²) in [5.41, 5.74) is 7.77. The molecule has 0 saturated heterocycles. The molecule has 2 aromatic rings. The monoisotopic (exact) mass is 366 g/mol. The number of carbonyl (C=O) groups excluding carboxylic acids is 3. The van der Waals surface area contributed by atoms with Gasteiger partial charge < -0.3 is 15.8 Å². The SMILES string of the molecule is CCOC(=O)/C=C/C[C@H](NC(=O)c1ccc(-c2ccccc2)cc1)C(N)=O. The van der Waals surface area contributed by atoms with Crippen molar-refractivity contribution < 1.29 is 19.1 Å². The Morgan fingerprint density at radius 3 is 2.26 bits per heavy atom. The van der Waals surface area contributed by atoms with E-state index in [1.165, 1.54) is 12.2 Å². The zero-order valence-electron chi connectivity index (χ0n) is 15.1. The minimum absolute atomic E-state index is 0.0992. The summed E-state index contributed by atoms with van der Waals surface area (Å²) >= 11 is 0. The lowest BCUT2D eigenvalue weighted by Crippen LogP contribution is -2.44. The lowest BCUT2D eigenvalue weighted by atomic mass is 10.0. The van der Waals surface area contributed by atoms with Gasteiger partial charge in [-0.25, -0.2) is 4.79 Å². The number of hydrogen-bond donors (Lipinski definition) is 2. The number of nitrogens with two attached hydrogens (primary N) is 1. The van der Waals surface area contributed by atoms with Crippen molar-refractivity contribution in [3.05, 3.63) is 72.3 Å². The number of esters is 1. The van der Waals surface area contributed by atoms with Crippen LogP contribution < -0.4 is 11.1 Å². The first kappa shape index (κ1) is 19.9. The molecule has 0 radical (unpaired) electrons. The lowest BCUT2D eigenvalue weighted by Gasteiger charge is -2.14. The van der Waals surface area contributed by atoms with Gasteiger partial charge in [0.2, 0.25) is 5.91 Å². The van der Waals surface area contributed by atoms with Crippen LogP contribution in [0, 0.1) is 0 Å². The van der Waals surface area contributed by atoms with Gasteiger partial charge >= 0.3 is 5.97 Å². The standard InChI is InChI=1S/C21H22N2O4/c1-2-27-19(24)10-6-9-18(20(22)25)23-21(26)17-13-11-16(12-14-17)15-7-4-3-5-8-15/h3-8,10-14,18H,2,9H2,1H3,(H2,22,25)(H,23,26)/b10-6+/t18-/m0/s1. The van der Waals surface area contributed by atoms with Gasteiger partial charge in [-0.15, -0.1) is 0 Å². The molecule has 3 N–H and O–H groups in total. The van der Waals surface area contributed by atoms with Crippen molar-refractivity contribution in [1.29, 1.82) is 0 Å². The van der Waals surface area contributed by atoms with Crippen LogP contribution in [0.25, 0.3) is 11.1 Å². The molecule has 0 bridgehead atoms. The number of benzene rings is 2. The number of rotatable bonds is 8. The second kappa shape index (κ2) is 9.91. The first-order chi connectivity index (χ1) is 13.0. The number of hydrogen-bond acceptors (Lipinski definition) is 4. The number of amides is 2. The van der Waals surface area contributed by atoms with Crippen LogP contribution in [0.5, 0.6) is 0 Å². The van der Waals surface area contributed by atoms with E-state index in [0.29, 0.717) is 5.56 Å². The molecule has 2 amide bonds. The Balaban J connectivity index is 2.00. The number of nitrogens with one attached hydrogen (secondary N) is 1. The van der Waals surface area contributed by atoms with Gasteiger partial charge in [-0.2, -0.15) is 0 Å². The fourth-order valence-corrected chi connectivity index (χ4v) is 2.42. The number of primary amides is 1. The van der Waals surface area contributed by atoms with E-state index < -0.39 is 23.8 Å². The smallest absolute Gasteiger partial charge is 0.330 e. The van der Waals surface area contributed by atoms with Gasteiger partial charge in [0.15, 0.2) is 0 Å². The average molecular weight is 366 g/mol. The third-order valence-electron chi connectivity index (χ3n) is 3.82. The Morgan fingerprint density at radius 1 is 1.04 bits per heavy atom. The molecular formula is C21H22N2O4. The minimum atomic E-state index is -0.919. The normalized spacial score (nSPS) is 11.7. The highest BCUT2D eigenvalue weighted by atomic mass is 16.5. The molecule has 27 heavy (non-hydrogen) atoms. The molecule has 0 aliphatic carbocycles. The first-order valence-electron chi connectivity index (χ1n) is 8.60. The van der Waals surface area contributed by atoms with Crippen LogP contribution in [0.4, 0.5) is 0 Å². The number of ether oxygens (including phenoxy) is 1. The van der Waals surface area contributed by atoms with Gasteiger partial charge in [0.25, 0.3) is 5.91 Å². The molecule has 0 aliphatic heterocycles. The Kier molecular flexibility index (Phi) is 7.31. The highest BCUT2D eigenvalue weighted by molar-refractivity contribution is 5.97. The second-order valence-electron chi connectivity index (χ2n) is 5.76. The zero-order valence-corrected chi connectivity index (χ0v) is 15.1. The second-order valence-corrected chi connectivity index (χ2v) is 5.76. The number of carbonyl (C=O) groups is 3. The molecule has 1 atom stereocenters. The van der Waals surface area contributed by atoms with Gasteiger partial charge in [0.05, 0.1) is 6.61 Å². The Hall–Kier alpha value is -3.41. The topological polar surface area (TPSA) is 98.5 Å². The van der Waals surface area contributed by atoms with Crippen LogP contribution in [-0.2, 0) is 14.3 Å². The Labute approximate surface area is 158 Å². The fraction of sp³-hybridized carbons (Fsp3) is 0.190. The van der Waals surface area contributed by atoms with Crippen molar-refractivity contribution in [2.75, 3.05) is 6.61 Å². The molecule has 140 valence electrons. The predicted octanol–water partition coefficient (Wildman–Crippen LogP) is 2.45. The van der Waals surface area contributed by atoms with E-state index in [4.69, 9.17) is 10.5 Å². The molecule has 6 heteroatoms. The largest absolute Gasteiger partial charge is 0.463 e. The van der Waals surface area contributed by atoms with Gasteiger partial charge in [-0.1, -0.05) is 48.5 Å². The Morgan fingerprint density at radius 2 is 1.67 bits per heavy atom. The third-order valence-corrected chi connectivity index (χ3v) is 3.82. The van der Waals surface area contributed by atoms with Crippen LogP contribution in [0.15, 0.2) is 66.7 Å². The molecular weight excluding hydrogens is 344 g/mol. The summed E-state index contributed by atoms with van der Waals surface area (Å²) in [5, 5.41) is 2.58. The summed E-state index contributed by atoms with van der Waals surface area (Å²) < 4.78 is 4.75. The van der Waals surface area contributed by atoms with Crippen LogP contribution in [0.1, 0.15) is 23.7 Å². The molecule has 2 aromatic carbocycles. The molecule has 0 heterocycles. The van der Waals surface area contributed by atoms with E-state index in [0.717, 1.165) is 11.1 Å². The van der Waals surface area contributed by atoms with E-state index in [1.807, 2.05) is 42.5 Å². The molecule has 6 nitrogen and oxygen atoms in total. The van der Waals surface area contributed by atoms with E-state index in [-0.39, 0.29) is 13.0 Å². The van der Waals surface area contributed by atoms with Crippen molar-refractivity contribution in [2.24, 2.45) is 5.73 Å². The highest BCUT2D eigenvalue weighted by Gasteiger charge is 2.17. The zero-order chi connectivity index (χ0) is 19.6. The average Bonchev–Trinajstić information content (AvgIpc) is 2.68. The quantitative estimate of drug-likeness (QED) is 0.554. The summed E-state index contributed by atoms with van der Waals surface area (Å²) in [4.78, 5) is 35.2. The highest BCUT2D eigenvalue weighted by Crippen LogP contribution is 2.19. The maximum Gasteiger partial charge on any atom is 0.330 e. The molecule has 2 rings (SSSR count). The molecule has 0 fully saturated rings. The van der Waals surface area contributed by atoms with Crippen LogP contribution in [0.2, 0.25) is 0 Å². The first-order valence-corrected chi connectivity index (χ1v) is 8.60. The summed E-state index contributed by atoms with van der Waals surface area (Å²) in [6.07, 6.45) is 2.76. The van der Waals surface area contributed by atoms with Crippen LogP contribution >= 0.6 is 0 Å². The Bertz CT molecular complexity index is 814. The molecule has 0 spiro atoms. The third kappa shape index (κ3) is 6.11. The van der Waals surface area contributed by atoms with Gasteiger partial charge in [0.1, 0.15) is 6.04 Å². The lowest BCUT2D eigenvalue weighted by molar-refractivity contribution is -0.137. The van der Waals surface area contributed by atoms with E-state index in [9.17, 15) is 14.4 Å². The van der Waals surface area contributed by atoms with Crippen molar-refractivity contribution in [2.45, 2.75) is 19.4 Å². The van der Waals surface area contributed by atoms with Gasteiger partial charge in [0, 0.05) is 11.6 Å². The summed E-state index contributed by atoms with van der Waals surface area (Å²) in [7, 11) is 0.